The van der Waals surface area contributed by atoms with Gasteiger partial charge in [-0.2, -0.15) is 0 Å². The van der Waals surface area contributed by atoms with Crippen LogP contribution in [0.2, 0.25) is 0 Å². The molecule has 0 fully saturated rings. The molecule has 0 radical (unpaired) electrons. The number of hydrogen-bond acceptors (Lipinski definition) is 2. The van der Waals surface area contributed by atoms with Gasteiger partial charge in [0.1, 0.15) is 5.75 Å². The van der Waals surface area contributed by atoms with Gasteiger partial charge in [-0.3, -0.25) is 4.79 Å². The average Bonchev–Trinajstić information content (AvgIpc) is 2.37. The summed E-state index contributed by atoms with van der Waals surface area (Å²) in [4.78, 5) is 10.7. The molecule has 0 unspecified atom stereocenters. The second-order valence-electron chi connectivity index (χ2n) is 5.08. The van der Waals surface area contributed by atoms with E-state index in [1.807, 2.05) is 0 Å². The number of aryl methyl sites for hydroxylation is 1. The number of ether oxygens (including phenoxy) is 1. The predicted molar refractivity (Wildman–Crippen MR) is 77.0 cm³/mol. The molecule has 0 saturated heterocycles. The Morgan fingerprint density at radius 2 is 2.05 bits per heavy atom. The summed E-state index contributed by atoms with van der Waals surface area (Å²) in [6.45, 7) is 6.41. The van der Waals surface area contributed by atoms with Crippen LogP contribution in [0, 0.1) is 0 Å². The van der Waals surface area contributed by atoms with E-state index >= 15 is 0 Å². The Morgan fingerprint density at radius 3 is 2.53 bits per heavy atom. The zero-order valence-corrected chi connectivity index (χ0v) is 12.3. The fraction of sp³-hybridized carbons (Fsp3) is 0.562. The van der Waals surface area contributed by atoms with Crippen LogP contribution < -0.4 is 4.74 Å². The highest BCUT2D eigenvalue weighted by atomic mass is 16.5. The first-order chi connectivity index (χ1) is 9.01. The van der Waals surface area contributed by atoms with Gasteiger partial charge in [0.2, 0.25) is 0 Å². The topological polar surface area (TPSA) is 46.5 Å². The van der Waals surface area contributed by atoms with Crippen molar-refractivity contribution in [1.82, 2.24) is 0 Å². The predicted octanol–water partition coefficient (Wildman–Crippen LogP) is 3.79. The van der Waals surface area contributed by atoms with Gasteiger partial charge in [-0.25, -0.2) is 0 Å². The van der Waals surface area contributed by atoms with Crippen LogP contribution in [0.5, 0.6) is 5.75 Å². The first-order valence-corrected chi connectivity index (χ1v) is 6.91. The van der Waals surface area contributed by atoms with Crippen molar-refractivity contribution in [2.24, 2.45) is 0 Å². The second kappa shape index (κ2) is 7.17. The van der Waals surface area contributed by atoms with Gasteiger partial charge < -0.3 is 9.84 Å². The Balaban J connectivity index is 3.10. The minimum Gasteiger partial charge on any atom is -0.496 e. The van der Waals surface area contributed by atoms with Crippen molar-refractivity contribution in [2.45, 2.75) is 52.4 Å². The number of carbonyl (C=O) groups is 1. The minimum atomic E-state index is -0.739. The highest BCUT2D eigenvalue weighted by molar-refractivity contribution is 5.66. The van der Waals surface area contributed by atoms with Crippen LogP contribution in [0.15, 0.2) is 12.1 Å². The molecule has 1 N–H and O–H groups in total. The first kappa shape index (κ1) is 15.5. The molecule has 3 nitrogen and oxygen atoms in total. The monoisotopic (exact) mass is 264 g/mol. The fourth-order valence-electron chi connectivity index (χ4n) is 2.44. The maximum Gasteiger partial charge on any atom is 0.303 e. The van der Waals surface area contributed by atoms with E-state index in [2.05, 4.69) is 32.9 Å². The molecular formula is C16H24O3. The molecule has 0 aromatic heterocycles. The van der Waals surface area contributed by atoms with Gasteiger partial charge in [0.25, 0.3) is 0 Å². The Labute approximate surface area is 115 Å². The summed E-state index contributed by atoms with van der Waals surface area (Å²) in [6.07, 6.45) is 2.54. The number of benzene rings is 1. The van der Waals surface area contributed by atoms with E-state index in [-0.39, 0.29) is 6.42 Å². The van der Waals surface area contributed by atoms with Crippen LogP contribution in [0.1, 0.15) is 56.2 Å². The minimum absolute atomic E-state index is 0.205. The SMILES string of the molecule is CCc1ccc(C(C)C)c(CCCC(=O)O)c1OC. The Bertz CT molecular complexity index is 436. The third kappa shape index (κ3) is 3.98. The number of rotatable bonds is 7. The van der Waals surface area contributed by atoms with E-state index in [0.29, 0.717) is 12.3 Å². The van der Waals surface area contributed by atoms with Gasteiger partial charge in [0.15, 0.2) is 0 Å². The molecule has 0 amide bonds. The Kier molecular flexibility index (Phi) is 5.87. The van der Waals surface area contributed by atoms with Crippen LogP contribution in [-0.2, 0) is 17.6 Å². The lowest BCUT2D eigenvalue weighted by Crippen LogP contribution is -2.05. The molecular weight excluding hydrogens is 240 g/mol. The molecule has 0 heterocycles. The van der Waals surface area contributed by atoms with Gasteiger partial charge >= 0.3 is 5.97 Å². The summed E-state index contributed by atoms with van der Waals surface area (Å²) >= 11 is 0. The van der Waals surface area contributed by atoms with Crippen LogP contribution in [0.3, 0.4) is 0 Å². The molecule has 0 atom stereocenters. The zero-order valence-electron chi connectivity index (χ0n) is 12.3. The lowest BCUT2D eigenvalue weighted by Gasteiger charge is -2.19. The summed E-state index contributed by atoms with van der Waals surface area (Å²) in [5.74, 6) is 0.621. The van der Waals surface area contributed by atoms with E-state index in [0.717, 1.165) is 18.6 Å². The van der Waals surface area contributed by atoms with Crippen molar-refractivity contribution >= 4 is 5.97 Å². The molecule has 0 aliphatic rings. The molecule has 0 saturated carbocycles. The summed E-state index contributed by atoms with van der Waals surface area (Å²) < 4.78 is 5.57. The summed E-state index contributed by atoms with van der Waals surface area (Å²) in [7, 11) is 1.69. The number of methoxy groups -OCH3 is 1. The number of hydrogen-bond donors (Lipinski definition) is 1. The standard InChI is InChI=1S/C16H24O3/c1-5-12-9-10-13(11(2)3)14(16(12)19-4)7-6-8-15(17)18/h9-11H,5-8H2,1-4H3,(H,17,18). The Hall–Kier alpha value is -1.51. The first-order valence-electron chi connectivity index (χ1n) is 6.91. The Morgan fingerprint density at radius 1 is 1.37 bits per heavy atom. The van der Waals surface area contributed by atoms with E-state index < -0.39 is 5.97 Å². The van der Waals surface area contributed by atoms with Crippen LogP contribution in [0.4, 0.5) is 0 Å². The van der Waals surface area contributed by atoms with Gasteiger partial charge in [0.05, 0.1) is 7.11 Å². The van der Waals surface area contributed by atoms with Crippen LogP contribution in [0.25, 0.3) is 0 Å². The van der Waals surface area contributed by atoms with E-state index in [1.54, 1.807) is 7.11 Å². The summed E-state index contributed by atoms with van der Waals surface area (Å²) in [5.41, 5.74) is 3.63. The molecule has 19 heavy (non-hydrogen) atoms. The average molecular weight is 264 g/mol. The highest BCUT2D eigenvalue weighted by Gasteiger charge is 2.15. The molecule has 0 bridgehead atoms. The van der Waals surface area contributed by atoms with Gasteiger partial charge in [0, 0.05) is 6.42 Å². The van der Waals surface area contributed by atoms with Gasteiger partial charge in [-0.05, 0) is 41.9 Å². The number of aliphatic carboxylic acids is 1. The maximum atomic E-state index is 10.7. The molecule has 0 spiro atoms. The smallest absolute Gasteiger partial charge is 0.303 e. The normalized spacial score (nSPS) is 10.8. The van der Waals surface area contributed by atoms with Crippen molar-refractivity contribution in [3.63, 3.8) is 0 Å². The molecule has 106 valence electrons. The molecule has 1 rings (SSSR count). The zero-order chi connectivity index (χ0) is 14.4. The summed E-state index contributed by atoms with van der Waals surface area (Å²) in [6, 6.07) is 4.27. The van der Waals surface area contributed by atoms with Crippen molar-refractivity contribution < 1.29 is 14.6 Å². The molecule has 0 aliphatic carbocycles. The fourth-order valence-corrected chi connectivity index (χ4v) is 2.44. The molecule has 0 aliphatic heterocycles. The molecule has 1 aromatic carbocycles. The van der Waals surface area contributed by atoms with Crippen LogP contribution in [-0.4, -0.2) is 18.2 Å². The molecule has 3 heteroatoms. The highest BCUT2D eigenvalue weighted by Crippen LogP contribution is 2.33. The lowest BCUT2D eigenvalue weighted by atomic mass is 9.90. The van der Waals surface area contributed by atoms with E-state index in [9.17, 15) is 4.79 Å². The summed E-state index contributed by atoms with van der Waals surface area (Å²) in [5, 5.41) is 8.77. The second-order valence-corrected chi connectivity index (χ2v) is 5.08. The molecule has 1 aromatic rings. The van der Waals surface area contributed by atoms with Gasteiger partial charge in [-0.1, -0.05) is 32.9 Å². The van der Waals surface area contributed by atoms with Crippen molar-refractivity contribution in [3.05, 3.63) is 28.8 Å². The van der Waals surface area contributed by atoms with E-state index in [1.165, 1.54) is 16.7 Å². The van der Waals surface area contributed by atoms with Crippen LogP contribution >= 0.6 is 0 Å². The van der Waals surface area contributed by atoms with Crippen molar-refractivity contribution in [1.29, 1.82) is 0 Å². The third-order valence-electron chi connectivity index (χ3n) is 3.40. The number of carboxylic acids is 1. The number of carboxylic acid groups (broad SMARTS) is 1. The lowest BCUT2D eigenvalue weighted by molar-refractivity contribution is -0.137. The quantitative estimate of drug-likeness (QED) is 0.815. The van der Waals surface area contributed by atoms with Crippen molar-refractivity contribution in [2.75, 3.05) is 7.11 Å². The van der Waals surface area contributed by atoms with Crippen molar-refractivity contribution in [3.8, 4) is 5.75 Å². The van der Waals surface area contributed by atoms with E-state index in [4.69, 9.17) is 9.84 Å². The largest absolute Gasteiger partial charge is 0.496 e. The maximum absolute atomic E-state index is 10.7. The third-order valence-corrected chi connectivity index (χ3v) is 3.40. The van der Waals surface area contributed by atoms with Gasteiger partial charge in [-0.15, -0.1) is 0 Å².